The molecule has 2 aromatic rings. The Hall–Kier alpha value is -3.35. The molecule has 26 heavy (non-hydrogen) atoms. The fourth-order valence-corrected chi connectivity index (χ4v) is 3.17. The first kappa shape index (κ1) is 16.1. The van der Waals surface area contributed by atoms with Crippen molar-refractivity contribution in [1.82, 2.24) is 0 Å². The van der Waals surface area contributed by atoms with E-state index in [4.69, 9.17) is 14.2 Å². The summed E-state index contributed by atoms with van der Waals surface area (Å²) in [6.45, 7) is 1.37. The number of methoxy groups -OCH3 is 1. The summed E-state index contributed by atoms with van der Waals surface area (Å²) in [7, 11) is 1.43. The number of anilines is 1. The zero-order chi connectivity index (χ0) is 18.4. The van der Waals surface area contributed by atoms with E-state index in [-0.39, 0.29) is 23.8 Å². The first-order valence-corrected chi connectivity index (χ1v) is 7.84. The smallest absolute Gasteiger partial charge is 0.269 e. The lowest BCUT2D eigenvalue weighted by molar-refractivity contribution is -0.122. The molecule has 0 N–H and O–H groups in total. The normalized spacial score (nSPS) is 16.6. The van der Waals surface area contributed by atoms with Crippen LogP contribution >= 0.6 is 0 Å². The highest BCUT2D eigenvalue weighted by molar-refractivity contribution is 6.42. The zero-order valence-electron chi connectivity index (χ0n) is 14.0. The Bertz CT molecular complexity index is 982. The molecular weight excluding hydrogens is 341 g/mol. The number of halogens is 1. The minimum atomic E-state index is -0.562. The number of imide groups is 1. The van der Waals surface area contributed by atoms with E-state index < -0.39 is 17.6 Å². The summed E-state index contributed by atoms with van der Waals surface area (Å²) in [4.78, 5) is 25.8. The van der Waals surface area contributed by atoms with Crippen LogP contribution in [0.4, 0.5) is 10.1 Å². The number of amides is 2. The highest BCUT2D eigenvalue weighted by Crippen LogP contribution is 2.43. The molecule has 132 valence electrons. The Morgan fingerprint density at radius 2 is 1.92 bits per heavy atom. The van der Waals surface area contributed by atoms with Gasteiger partial charge in [0, 0.05) is 18.1 Å². The number of carbonyl (C=O) groups excluding carboxylic acids is 2. The van der Waals surface area contributed by atoms with E-state index in [1.165, 1.54) is 26.2 Å². The van der Waals surface area contributed by atoms with Crippen LogP contribution in [0.3, 0.4) is 0 Å². The number of fused-ring (bicyclic) bond motifs is 2. The van der Waals surface area contributed by atoms with Gasteiger partial charge in [-0.05, 0) is 36.4 Å². The molecule has 2 heterocycles. The van der Waals surface area contributed by atoms with Crippen molar-refractivity contribution in [3.63, 3.8) is 0 Å². The molecule has 2 amide bonds. The highest BCUT2D eigenvalue weighted by atomic mass is 19.1. The van der Waals surface area contributed by atoms with E-state index in [0.717, 1.165) is 11.0 Å². The van der Waals surface area contributed by atoms with E-state index in [1.807, 2.05) is 0 Å². The van der Waals surface area contributed by atoms with Gasteiger partial charge in [-0.3, -0.25) is 9.59 Å². The lowest BCUT2D eigenvalue weighted by atomic mass is 10.0. The topological polar surface area (TPSA) is 65.1 Å². The van der Waals surface area contributed by atoms with Crippen LogP contribution in [-0.4, -0.2) is 25.7 Å². The van der Waals surface area contributed by atoms with Gasteiger partial charge in [0.05, 0.1) is 18.4 Å². The molecule has 2 aromatic carbocycles. The number of hydrogen-bond donors (Lipinski definition) is 0. The maximum absolute atomic E-state index is 13.7. The van der Waals surface area contributed by atoms with Gasteiger partial charge in [0.2, 0.25) is 12.7 Å². The van der Waals surface area contributed by atoms with Crippen LogP contribution in [0.25, 0.3) is 11.3 Å². The molecular formula is C19H14FNO5. The second-order valence-electron chi connectivity index (χ2n) is 5.80. The van der Waals surface area contributed by atoms with Crippen molar-refractivity contribution in [2.75, 3.05) is 18.8 Å². The van der Waals surface area contributed by atoms with E-state index in [0.29, 0.717) is 22.6 Å². The molecule has 2 aliphatic rings. The van der Waals surface area contributed by atoms with E-state index in [1.54, 1.807) is 18.2 Å². The summed E-state index contributed by atoms with van der Waals surface area (Å²) in [6.07, 6.45) is 0. The third kappa shape index (κ3) is 2.32. The maximum Gasteiger partial charge on any atom is 0.269 e. The number of benzene rings is 2. The SMILES string of the molecule is COC(=C1C(=O)N(C(C)=O)c2cc(F)ccc21)c1ccc2c(c1)OCO2. The van der Waals surface area contributed by atoms with Crippen molar-refractivity contribution in [3.8, 4) is 11.5 Å². The zero-order valence-corrected chi connectivity index (χ0v) is 14.0. The lowest BCUT2D eigenvalue weighted by Gasteiger charge is -2.13. The number of ether oxygens (including phenoxy) is 3. The summed E-state index contributed by atoms with van der Waals surface area (Å²) in [6, 6.07) is 9.00. The fourth-order valence-electron chi connectivity index (χ4n) is 3.17. The molecule has 0 radical (unpaired) electrons. The molecule has 0 fully saturated rings. The third-order valence-corrected chi connectivity index (χ3v) is 4.27. The van der Waals surface area contributed by atoms with Gasteiger partial charge in [-0.2, -0.15) is 0 Å². The van der Waals surface area contributed by atoms with Gasteiger partial charge in [-0.1, -0.05) is 0 Å². The fraction of sp³-hybridized carbons (Fsp3) is 0.158. The molecule has 0 spiro atoms. The second-order valence-corrected chi connectivity index (χ2v) is 5.80. The molecule has 0 bridgehead atoms. The van der Waals surface area contributed by atoms with Crippen LogP contribution < -0.4 is 14.4 Å². The molecule has 0 unspecified atom stereocenters. The minimum Gasteiger partial charge on any atom is -0.495 e. The van der Waals surface area contributed by atoms with Gasteiger partial charge in [-0.15, -0.1) is 0 Å². The number of carbonyl (C=O) groups is 2. The summed E-state index contributed by atoms with van der Waals surface area (Å²) in [5.74, 6) is -0.202. The van der Waals surface area contributed by atoms with Crippen molar-refractivity contribution in [3.05, 3.63) is 53.3 Å². The van der Waals surface area contributed by atoms with Gasteiger partial charge in [0.1, 0.15) is 11.6 Å². The monoisotopic (exact) mass is 355 g/mol. The highest BCUT2D eigenvalue weighted by Gasteiger charge is 2.38. The molecule has 6 nitrogen and oxygen atoms in total. The molecule has 7 heteroatoms. The van der Waals surface area contributed by atoms with Crippen molar-refractivity contribution < 1.29 is 28.2 Å². The molecule has 0 saturated carbocycles. The van der Waals surface area contributed by atoms with Crippen molar-refractivity contribution in [2.45, 2.75) is 6.92 Å². The molecule has 0 aromatic heterocycles. The van der Waals surface area contributed by atoms with Gasteiger partial charge >= 0.3 is 0 Å². The molecule has 0 atom stereocenters. The average Bonchev–Trinajstić information content (AvgIpc) is 3.17. The molecule has 4 rings (SSSR count). The van der Waals surface area contributed by atoms with Crippen LogP contribution in [0.1, 0.15) is 18.1 Å². The largest absolute Gasteiger partial charge is 0.495 e. The Morgan fingerprint density at radius 1 is 1.15 bits per heavy atom. The number of hydrogen-bond acceptors (Lipinski definition) is 5. The van der Waals surface area contributed by atoms with E-state index >= 15 is 0 Å². The Labute approximate surface area is 148 Å². The Morgan fingerprint density at radius 3 is 2.65 bits per heavy atom. The van der Waals surface area contributed by atoms with Crippen LogP contribution in [0.5, 0.6) is 11.5 Å². The molecule has 2 aliphatic heterocycles. The predicted octanol–water partition coefficient (Wildman–Crippen LogP) is 2.96. The number of rotatable bonds is 2. The van der Waals surface area contributed by atoms with Crippen LogP contribution in [0.2, 0.25) is 0 Å². The molecule has 0 aliphatic carbocycles. The quantitative estimate of drug-likeness (QED) is 0.612. The number of nitrogens with zero attached hydrogens (tertiary/aromatic N) is 1. The summed E-state index contributed by atoms with van der Waals surface area (Å²) in [5, 5.41) is 0. The van der Waals surface area contributed by atoms with E-state index in [2.05, 4.69) is 0 Å². The van der Waals surface area contributed by atoms with Crippen LogP contribution in [-0.2, 0) is 14.3 Å². The summed E-state index contributed by atoms with van der Waals surface area (Å²) >= 11 is 0. The second kappa shape index (κ2) is 5.87. The van der Waals surface area contributed by atoms with Crippen molar-refractivity contribution in [1.29, 1.82) is 0 Å². The first-order valence-electron chi connectivity index (χ1n) is 7.84. The minimum absolute atomic E-state index is 0.122. The molecule has 0 saturated heterocycles. The summed E-state index contributed by atoms with van der Waals surface area (Å²) < 4.78 is 29.8. The van der Waals surface area contributed by atoms with Crippen LogP contribution in [0, 0.1) is 5.82 Å². The average molecular weight is 355 g/mol. The van der Waals surface area contributed by atoms with Crippen LogP contribution in [0.15, 0.2) is 36.4 Å². The third-order valence-electron chi connectivity index (χ3n) is 4.27. The standard InChI is InChI=1S/C19H14FNO5/c1-10(22)21-14-8-12(20)4-5-13(14)17(19(21)23)18(24-2)11-3-6-15-16(7-11)26-9-25-15/h3-8H,9H2,1-2H3. The van der Waals surface area contributed by atoms with Gasteiger partial charge in [0.15, 0.2) is 11.5 Å². The van der Waals surface area contributed by atoms with Crippen molar-refractivity contribution >= 4 is 28.8 Å². The first-order chi connectivity index (χ1) is 12.5. The summed E-state index contributed by atoms with van der Waals surface area (Å²) in [5.41, 5.74) is 1.41. The van der Waals surface area contributed by atoms with Gasteiger partial charge in [0.25, 0.3) is 5.91 Å². The van der Waals surface area contributed by atoms with Crippen molar-refractivity contribution in [2.24, 2.45) is 0 Å². The van der Waals surface area contributed by atoms with Gasteiger partial charge in [-0.25, -0.2) is 9.29 Å². The Kier molecular flexibility index (Phi) is 3.64. The van der Waals surface area contributed by atoms with Gasteiger partial charge < -0.3 is 14.2 Å². The lowest BCUT2D eigenvalue weighted by Crippen LogP contribution is -2.31. The Balaban J connectivity index is 1.94. The van der Waals surface area contributed by atoms with E-state index in [9.17, 15) is 14.0 Å². The predicted molar refractivity (Wildman–Crippen MR) is 91.0 cm³/mol. The maximum atomic E-state index is 13.7.